The van der Waals surface area contributed by atoms with E-state index in [2.05, 4.69) is 10.6 Å². The Balaban J connectivity index is 1.84. The van der Waals surface area contributed by atoms with Crippen LogP contribution < -0.4 is 15.4 Å². The number of benzene rings is 2. The van der Waals surface area contributed by atoms with Crippen molar-refractivity contribution in [2.75, 3.05) is 19.0 Å². The van der Waals surface area contributed by atoms with Crippen LogP contribution in [0.2, 0.25) is 5.02 Å². The minimum absolute atomic E-state index is 0.113. The van der Waals surface area contributed by atoms with E-state index >= 15 is 0 Å². The Kier molecular flexibility index (Phi) is 7.04. The van der Waals surface area contributed by atoms with Crippen LogP contribution in [-0.2, 0) is 4.79 Å². The molecule has 0 heterocycles. The quantitative estimate of drug-likeness (QED) is 0.716. The molecule has 0 aliphatic rings. The maximum absolute atomic E-state index is 12.1. The number of carbonyl (C=O) groups excluding carboxylic acids is 2. The highest BCUT2D eigenvalue weighted by Crippen LogP contribution is 2.21. The number of nitrogens with one attached hydrogen (secondary N) is 2. The summed E-state index contributed by atoms with van der Waals surface area (Å²) in [5, 5.41) is 6.14. The van der Waals surface area contributed by atoms with Gasteiger partial charge in [0.25, 0.3) is 5.91 Å². The van der Waals surface area contributed by atoms with Crippen LogP contribution in [0.3, 0.4) is 0 Å². The van der Waals surface area contributed by atoms with Gasteiger partial charge in [-0.15, -0.1) is 0 Å². The standard InChI is InChI=1S/C20H23ClN2O3/c1-13-12-15(9-10-17(13)21)26-11-5-8-19(24)23-18-7-4-6-16(14(18)2)20(25)22-3/h4,6-7,9-10,12H,5,8,11H2,1-3H3,(H,22,25)(H,23,24). The molecular weight excluding hydrogens is 352 g/mol. The second kappa shape index (κ2) is 9.25. The first-order valence-corrected chi connectivity index (χ1v) is 8.80. The topological polar surface area (TPSA) is 67.4 Å². The molecule has 0 aliphatic heterocycles. The van der Waals surface area contributed by atoms with Gasteiger partial charge >= 0.3 is 0 Å². The van der Waals surface area contributed by atoms with Crippen LogP contribution in [0.1, 0.15) is 34.3 Å². The van der Waals surface area contributed by atoms with Gasteiger partial charge in [-0.1, -0.05) is 17.7 Å². The summed E-state index contributed by atoms with van der Waals surface area (Å²) in [4.78, 5) is 24.0. The number of carbonyl (C=O) groups is 2. The lowest BCUT2D eigenvalue weighted by atomic mass is 10.1. The normalized spacial score (nSPS) is 10.3. The third-order valence-corrected chi connectivity index (χ3v) is 4.45. The number of hydrogen-bond donors (Lipinski definition) is 2. The number of anilines is 1. The number of ether oxygens (including phenoxy) is 1. The first-order valence-electron chi connectivity index (χ1n) is 8.43. The molecule has 0 atom stereocenters. The van der Waals surface area contributed by atoms with Crippen molar-refractivity contribution >= 4 is 29.1 Å². The summed E-state index contributed by atoms with van der Waals surface area (Å²) in [6, 6.07) is 10.7. The zero-order valence-electron chi connectivity index (χ0n) is 15.2. The van der Waals surface area contributed by atoms with Crippen molar-refractivity contribution in [2.24, 2.45) is 0 Å². The minimum atomic E-state index is -0.176. The Morgan fingerprint density at radius 1 is 1.15 bits per heavy atom. The molecule has 0 aliphatic carbocycles. The predicted octanol–water partition coefficient (Wildman–Crippen LogP) is 4.11. The molecule has 2 aromatic carbocycles. The second-order valence-electron chi connectivity index (χ2n) is 5.97. The van der Waals surface area contributed by atoms with Crippen LogP contribution in [0, 0.1) is 13.8 Å². The monoisotopic (exact) mass is 374 g/mol. The molecule has 0 fully saturated rings. The molecule has 2 rings (SSSR count). The van der Waals surface area contributed by atoms with E-state index in [-0.39, 0.29) is 11.8 Å². The van der Waals surface area contributed by atoms with Crippen molar-refractivity contribution in [3.8, 4) is 5.75 Å². The van der Waals surface area contributed by atoms with Crippen molar-refractivity contribution in [2.45, 2.75) is 26.7 Å². The molecule has 0 radical (unpaired) electrons. The van der Waals surface area contributed by atoms with E-state index in [0.717, 1.165) is 16.9 Å². The Morgan fingerprint density at radius 3 is 2.62 bits per heavy atom. The molecule has 5 nitrogen and oxygen atoms in total. The van der Waals surface area contributed by atoms with E-state index in [1.54, 1.807) is 31.3 Å². The van der Waals surface area contributed by atoms with E-state index in [1.165, 1.54) is 0 Å². The average Bonchev–Trinajstić information content (AvgIpc) is 2.63. The van der Waals surface area contributed by atoms with E-state index in [4.69, 9.17) is 16.3 Å². The fraction of sp³-hybridized carbons (Fsp3) is 0.300. The molecule has 2 N–H and O–H groups in total. The molecule has 0 saturated heterocycles. The molecule has 26 heavy (non-hydrogen) atoms. The highest BCUT2D eigenvalue weighted by Gasteiger charge is 2.12. The van der Waals surface area contributed by atoms with Crippen LogP contribution in [0.5, 0.6) is 5.75 Å². The molecule has 0 spiro atoms. The number of aryl methyl sites for hydroxylation is 1. The van der Waals surface area contributed by atoms with Crippen LogP contribution in [0.4, 0.5) is 5.69 Å². The molecule has 138 valence electrons. The SMILES string of the molecule is CNC(=O)c1cccc(NC(=O)CCCOc2ccc(Cl)c(C)c2)c1C. The van der Waals surface area contributed by atoms with Crippen molar-refractivity contribution in [1.82, 2.24) is 5.32 Å². The van der Waals surface area contributed by atoms with E-state index < -0.39 is 0 Å². The lowest BCUT2D eigenvalue weighted by molar-refractivity contribution is -0.116. The van der Waals surface area contributed by atoms with Gasteiger partial charge in [0.05, 0.1) is 6.61 Å². The highest BCUT2D eigenvalue weighted by atomic mass is 35.5. The zero-order chi connectivity index (χ0) is 19.1. The molecule has 0 unspecified atom stereocenters. The number of rotatable bonds is 7. The smallest absolute Gasteiger partial charge is 0.251 e. The van der Waals surface area contributed by atoms with Gasteiger partial charge in [-0.2, -0.15) is 0 Å². The Hall–Kier alpha value is -2.53. The van der Waals surface area contributed by atoms with Crippen LogP contribution in [0.25, 0.3) is 0 Å². The Morgan fingerprint density at radius 2 is 1.92 bits per heavy atom. The number of amides is 2. The van der Waals surface area contributed by atoms with Crippen molar-refractivity contribution < 1.29 is 14.3 Å². The van der Waals surface area contributed by atoms with Crippen LogP contribution >= 0.6 is 11.6 Å². The molecule has 0 aromatic heterocycles. The lowest BCUT2D eigenvalue weighted by Crippen LogP contribution is -2.20. The summed E-state index contributed by atoms with van der Waals surface area (Å²) >= 11 is 5.98. The van der Waals surface area contributed by atoms with Gasteiger partial charge in [0, 0.05) is 29.7 Å². The fourth-order valence-corrected chi connectivity index (χ4v) is 2.61. The first kappa shape index (κ1) is 19.8. The van der Waals surface area contributed by atoms with Gasteiger partial charge in [0.2, 0.25) is 5.91 Å². The zero-order valence-corrected chi connectivity index (χ0v) is 15.9. The summed E-state index contributed by atoms with van der Waals surface area (Å²) < 4.78 is 5.64. The lowest BCUT2D eigenvalue weighted by Gasteiger charge is -2.12. The Labute approximate surface area is 158 Å². The largest absolute Gasteiger partial charge is 0.494 e. The summed E-state index contributed by atoms with van der Waals surface area (Å²) in [7, 11) is 1.58. The van der Waals surface area contributed by atoms with Crippen molar-refractivity contribution in [3.63, 3.8) is 0 Å². The molecule has 6 heteroatoms. The van der Waals surface area contributed by atoms with Gasteiger partial charge in [0.1, 0.15) is 5.75 Å². The number of hydrogen-bond acceptors (Lipinski definition) is 3. The highest BCUT2D eigenvalue weighted by molar-refractivity contribution is 6.31. The van der Waals surface area contributed by atoms with Crippen LogP contribution in [-0.4, -0.2) is 25.5 Å². The van der Waals surface area contributed by atoms with Crippen LogP contribution in [0.15, 0.2) is 36.4 Å². The van der Waals surface area contributed by atoms with E-state index in [1.807, 2.05) is 26.0 Å². The number of halogens is 1. The van der Waals surface area contributed by atoms with Gasteiger partial charge < -0.3 is 15.4 Å². The minimum Gasteiger partial charge on any atom is -0.494 e. The molecular formula is C20H23ClN2O3. The van der Waals surface area contributed by atoms with Gasteiger partial charge in [-0.25, -0.2) is 0 Å². The van der Waals surface area contributed by atoms with E-state index in [9.17, 15) is 9.59 Å². The summed E-state index contributed by atoms with van der Waals surface area (Å²) in [5.41, 5.74) is 2.89. The maximum Gasteiger partial charge on any atom is 0.251 e. The summed E-state index contributed by atoms with van der Waals surface area (Å²) in [6.07, 6.45) is 0.915. The predicted molar refractivity (Wildman–Crippen MR) is 104 cm³/mol. The van der Waals surface area contributed by atoms with Gasteiger partial charge in [-0.3, -0.25) is 9.59 Å². The van der Waals surface area contributed by atoms with Gasteiger partial charge in [0.15, 0.2) is 0 Å². The molecule has 2 aromatic rings. The van der Waals surface area contributed by atoms with Crippen molar-refractivity contribution in [1.29, 1.82) is 0 Å². The average molecular weight is 375 g/mol. The maximum atomic E-state index is 12.1. The fourth-order valence-electron chi connectivity index (χ4n) is 2.49. The molecule has 2 amide bonds. The van der Waals surface area contributed by atoms with Crippen molar-refractivity contribution in [3.05, 3.63) is 58.1 Å². The second-order valence-corrected chi connectivity index (χ2v) is 6.38. The summed E-state index contributed by atoms with van der Waals surface area (Å²) in [5.74, 6) is 0.449. The first-order chi connectivity index (χ1) is 12.4. The third-order valence-electron chi connectivity index (χ3n) is 4.03. The summed E-state index contributed by atoms with van der Waals surface area (Å²) in [6.45, 7) is 4.16. The molecule has 0 saturated carbocycles. The van der Waals surface area contributed by atoms with E-state index in [0.29, 0.717) is 35.7 Å². The van der Waals surface area contributed by atoms with Gasteiger partial charge in [-0.05, 0) is 61.7 Å². The Bertz CT molecular complexity index is 806. The third kappa shape index (κ3) is 5.23. The molecule has 0 bridgehead atoms.